The van der Waals surface area contributed by atoms with E-state index in [2.05, 4.69) is 15.9 Å². The van der Waals surface area contributed by atoms with Crippen molar-refractivity contribution in [2.24, 2.45) is 0 Å². The van der Waals surface area contributed by atoms with E-state index < -0.39 is 15.8 Å². The molecular weight excluding hydrogens is 506 g/mol. The van der Waals surface area contributed by atoms with Crippen LogP contribution in [0.25, 0.3) is 0 Å². The maximum absolute atomic E-state index is 12.9. The zero-order valence-electron chi connectivity index (χ0n) is 18.6. The summed E-state index contributed by atoms with van der Waals surface area (Å²) in [6, 6.07) is 12.9. The molecule has 33 heavy (non-hydrogen) atoms. The average Bonchev–Trinajstić information content (AvgIpc) is 3.05. The third-order valence-corrected chi connectivity index (χ3v) is 8.99. The number of amides is 1. The number of aryl methyl sites for hydroxylation is 1. The van der Waals surface area contributed by atoms with Crippen LogP contribution in [0.5, 0.6) is 0 Å². The number of nitrogens with zero attached hydrogens (tertiary/aromatic N) is 1. The first-order valence-electron chi connectivity index (χ1n) is 11.2. The monoisotopic (exact) mass is 533 g/mol. The smallest absolute Gasteiger partial charge is 0.303 e. The first-order valence-corrected chi connectivity index (χ1v) is 13.9. The van der Waals surface area contributed by atoms with Crippen LogP contribution in [0.2, 0.25) is 0 Å². The van der Waals surface area contributed by atoms with Crippen molar-refractivity contribution in [3.05, 3.63) is 63.6 Å². The van der Waals surface area contributed by atoms with Crippen molar-refractivity contribution in [1.82, 2.24) is 4.90 Å². The number of aliphatic carboxylic acids is 1. The molecular formula is C25H28BrNO5S. The zero-order chi connectivity index (χ0) is 23.8. The summed E-state index contributed by atoms with van der Waals surface area (Å²) in [5, 5.41) is 9.39. The van der Waals surface area contributed by atoms with Crippen molar-refractivity contribution < 1.29 is 23.1 Å². The van der Waals surface area contributed by atoms with E-state index in [4.69, 9.17) is 0 Å². The third-order valence-electron chi connectivity index (χ3n) is 7.13. The molecule has 1 aliphatic heterocycles. The summed E-state index contributed by atoms with van der Waals surface area (Å²) >= 11 is 3.69. The van der Waals surface area contributed by atoms with Gasteiger partial charge in [-0.15, -0.1) is 0 Å². The minimum absolute atomic E-state index is 0.00949. The second kappa shape index (κ2) is 9.22. The van der Waals surface area contributed by atoms with Crippen molar-refractivity contribution in [3.63, 3.8) is 0 Å². The fraction of sp³-hybridized carbons (Fsp3) is 0.440. The first kappa shape index (κ1) is 24.0. The average molecular weight is 534 g/mol. The largest absolute Gasteiger partial charge is 0.481 e. The Morgan fingerprint density at radius 3 is 2.48 bits per heavy atom. The molecule has 1 atom stereocenters. The van der Waals surface area contributed by atoms with Gasteiger partial charge >= 0.3 is 5.97 Å². The lowest BCUT2D eigenvalue weighted by Gasteiger charge is -2.41. The molecule has 1 amide bonds. The number of halogens is 1. The van der Waals surface area contributed by atoms with Crippen LogP contribution in [-0.2, 0) is 31.3 Å². The predicted molar refractivity (Wildman–Crippen MR) is 129 cm³/mol. The van der Waals surface area contributed by atoms with Crippen molar-refractivity contribution in [1.29, 1.82) is 0 Å². The Balaban J connectivity index is 1.44. The normalized spacial score (nSPS) is 19.5. The number of carbonyl (C=O) groups excluding carboxylic acids is 1. The lowest BCUT2D eigenvalue weighted by atomic mass is 9.73. The second-order valence-electron chi connectivity index (χ2n) is 9.24. The molecule has 1 N–H and O–H groups in total. The highest BCUT2D eigenvalue weighted by molar-refractivity contribution is 9.10. The lowest BCUT2D eigenvalue weighted by molar-refractivity contribution is -0.137. The standard InChI is InChI=1S/C25H28BrNO5S/c1-33(31,32)21-8-3-2-5-17(21)9-10-22(28)27-13-11-25(12-14-27)16-18(15-23(29)30)19-6-4-7-20(26)24(19)25/h2-8,18H,9-16H2,1H3,(H,29,30). The first-order chi connectivity index (χ1) is 15.6. The van der Waals surface area contributed by atoms with Gasteiger partial charge in [0.25, 0.3) is 0 Å². The molecule has 2 aromatic carbocycles. The summed E-state index contributed by atoms with van der Waals surface area (Å²) in [5.41, 5.74) is 2.89. The maximum Gasteiger partial charge on any atom is 0.303 e. The van der Waals surface area contributed by atoms with E-state index in [1.807, 2.05) is 23.1 Å². The van der Waals surface area contributed by atoms with Gasteiger partial charge in [-0.1, -0.05) is 46.3 Å². The molecule has 1 unspecified atom stereocenters. The van der Waals surface area contributed by atoms with E-state index in [1.54, 1.807) is 24.3 Å². The van der Waals surface area contributed by atoms with Crippen molar-refractivity contribution >= 4 is 37.6 Å². The number of fused-ring (bicyclic) bond motifs is 2. The van der Waals surface area contributed by atoms with Gasteiger partial charge in [-0.3, -0.25) is 9.59 Å². The molecule has 0 radical (unpaired) electrons. The number of piperidine rings is 1. The molecule has 0 bridgehead atoms. The summed E-state index contributed by atoms with van der Waals surface area (Å²) in [4.78, 5) is 26.5. The minimum Gasteiger partial charge on any atom is -0.481 e. The van der Waals surface area contributed by atoms with E-state index in [1.165, 1.54) is 11.8 Å². The van der Waals surface area contributed by atoms with Crippen LogP contribution in [0, 0.1) is 0 Å². The Kier molecular flexibility index (Phi) is 6.69. The topological polar surface area (TPSA) is 91.8 Å². The molecule has 8 heteroatoms. The Morgan fingerprint density at radius 1 is 1.12 bits per heavy atom. The number of carboxylic acids is 1. The van der Waals surface area contributed by atoms with Crippen molar-refractivity contribution in [2.45, 2.75) is 54.8 Å². The minimum atomic E-state index is -3.34. The molecule has 2 aromatic rings. The van der Waals surface area contributed by atoms with Crippen molar-refractivity contribution in [2.75, 3.05) is 19.3 Å². The Labute approximate surface area is 203 Å². The van der Waals surface area contributed by atoms with E-state index in [-0.39, 0.29) is 35.0 Å². The second-order valence-corrected chi connectivity index (χ2v) is 12.1. The number of likely N-dealkylation sites (tertiary alicyclic amines) is 1. The molecule has 0 saturated carbocycles. The van der Waals surface area contributed by atoms with Gasteiger partial charge in [0.1, 0.15) is 0 Å². The predicted octanol–water partition coefficient (Wildman–Crippen LogP) is 4.31. The van der Waals surface area contributed by atoms with Crippen LogP contribution in [0.4, 0.5) is 0 Å². The molecule has 176 valence electrons. The highest BCUT2D eigenvalue weighted by Crippen LogP contribution is 2.55. The highest BCUT2D eigenvalue weighted by Gasteiger charge is 2.47. The van der Waals surface area contributed by atoms with Crippen LogP contribution in [0.1, 0.15) is 54.7 Å². The van der Waals surface area contributed by atoms with Crippen LogP contribution < -0.4 is 0 Å². The van der Waals surface area contributed by atoms with Gasteiger partial charge in [0.2, 0.25) is 5.91 Å². The van der Waals surface area contributed by atoms with Crippen LogP contribution in [-0.4, -0.2) is 49.6 Å². The van der Waals surface area contributed by atoms with Crippen LogP contribution in [0.3, 0.4) is 0 Å². The summed E-state index contributed by atoms with van der Waals surface area (Å²) in [5.74, 6) is -0.768. The number of rotatable bonds is 6. The summed E-state index contributed by atoms with van der Waals surface area (Å²) in [7, 11) is -3.34. The van der Waals surface area contributed by atoms with Gasteiger partial charge in [-0.2, -0.15) is 0 Å². The molecule has 4 rings (SSSR count). The SMILES string of the molecule is CS(=O)(=O)c1ccccc1CCC(=O)N1CCC2(CC1)CC(CC(=O)O)c1cccc(Br)c12. The fourth-order valence-corrected chi connectivity index (χ4v) is 7.40. The molecule has 1 aliphatic carbocycles. The highest BCUT2D eigenvalue weighted by atomic mass is 79.9. The molecule has 1 saturated heterocycles. The molecule has 6 nitrogen and oxygen atoms in total. The maximum atomic E-state index is 12.9. The van der Waals surface area contributed by atoms with E-state index in [0.29, 0.717) is 25.1 Å². The number of hydrogen-bond donors (Lipinski definition) is 1. The summed E-state index contributed by atoms with van der Waals surface area (Å²) in [6.45, 7) is 1.24. The molecule has 1 spiro atoms. The van der Waals surface area contributed by atoms with Crippen LogP contribution in [0.15, 0.2) is 51.8 Å². The number of carbonyl (C=O) groups is 2. The Hall–Kier alpha value is -2.19. The van der Waals surface area contributed by atoms with Gasteiger partial charge in [0.15, 0.2) is 9.84 Å². The fourth-order valence-electron chi connectivity index (χ4n) is 5.63. The quantitative estimate of drug-likeness (QED) is 0.597. The Morgan fingerprint density at radius 2 is 1.82 bits per heavy atom. The van der Waals surface area contributed by atoms with Crippen molar-refractivity contribution in [3.8, 4) is 0 Å². The molecule has 2 aliphatic rings. The van der Waals surface area contributed by atoms with E-state index in [0.717, 1.165) is 29.3 Å². The Bertz CT molecular complexity index is 1190. The van der Waals surface area contributed by atoms with E-state index >= 15 is 0 Å². The van der Waals surface area contributed by atoms with Gasteiger partial charge < -0.3 is 10.0 Å². The number of hydrogen-bond acceptors (Lipinski definition) is 4. The zero-order valence-corrected chi connectivity index (χ0v) is 21.0. The van der Waals surface area contributed by atoms with Gasteiger partial charge in [0.05, 0.1) is 11.3 Å². The molecule has 1 heterocycles. The van der Waals surface area contributed by atoms with Gasteiger partial charge in [-0.05, 0) is 60.4 Å². The number of benzene rings is 2. The van der Waals surface area contributed by atoms with E-state index in [9.17, 15) is 23.1 Å². The molecule has 0 aromatic heterocycles. The number of sulfone groups is 1. The van der Waals surface area contributed by atoms with Crippen LogP contribution >= 0.6 is 15.9 Å². The third kappa shape index (κ3) is 4.87. The van der Waals surface area contributed by atoms with Gasteiger partial charge in [-0.25, -0.2) is 8.42 Å². The summed E-state index contributed by atoms with van der Waals surface area (Å²) in [6.07, 6.45) is 4.34. The lowest BCUT2D eigenvalue weighted by Crippen LogP contribution is -2.44. The molecule has 1 fully saturated rings. The summed E-state index contributed by atoms with van der Waals surface area (Å²) < 4.78 is 25.1. The number of carboxylic acid groups (broad SMARTS) is 1. The van der Waals surface area contributed by atoms with Gasteiger partial charge in [0, 0.05) is 35.7 Å².